The van der Waals surface area contributed by atoms with Crippen molar-refractivity contribution in [2.45, 2.75) is 40.0 Å². The first-order valence-electron chi connectivity index (χ1n) is 6.38. The van der Waals surface area contributed by atoms with E-state index in [0.717, 1.165) is 0 Å². The molecule has 2 amide bonds. The SMILES string of the molecule is CN(CCC(=O)O)C(=O)CCCNC(=O)C(C)(C)C. The lowest BCUT2D eigenvalue weighted by Crippen LogP contribution is -2.36. The molecule has 0 rings (SSSR count). The minimum atomic E-state index is -0.919. The van der Waals surface area contributed by atoms with E-state index in [4.69, 9.17) is 5.11 Å². The van der Waals surface area contributed by atoms with Crippen molar-refractivity contribution in [3.63, 3.8) is 0 Å². The maximum absolute atomic E-state index is 11.6. The first-order valence-corrected chi connectivity index (χ1v) is 6.38. The largest absolute Gasteiger partial charge is 0.481 e. The second kappa shape index (κ2) is 7.76. The molecule has 0 unspecified atom stereocenters. The van der Waals surface area contributed by atoms with E-state index in [2.05, 4.69) is 5.32 Å². The molecule has 19 heavy (non-hydrogen) atoms. The van der Waals surface area contributed by atoms with Crippen molar-refractivity contribution in [2.24, 2.45) is 5.41 Å². The van der Waals surface area contributed by atoms with Gasteiger partial charge in [0.2, 0.25) is 11.8 Å². The fourth-order valence-corrected chi connectivity index (χ4v) is 1.29. The Hall–Kier alpha value is -1.59. The summed E-state index contributed by atoms with van der Waals surface area (Å²) in [6.07, 6.45) is 0.807. The number of nitrogens with one attached hydrogen (secondary N) is 1. The molecule has 0 saturated carbocycles. The summed E-state index contributed by atoms with van der Waals surface area (Å²) >= 11 is 0. The third-order valence-electron chi connectivity index (χ3n) is 2.62. The maximum Gasteiger partial charge on any atom is 0.305 e. The van der Waals surface area contributed by atoms with Gasteiger partial charge in [-0.3, -0.25) is 14.4 Å². The summed E-state index contributed by atoms with van der Waals surface area (Å²) in [4.78, 5) is 34.9. The van der Waals surface area contributed by atoms with Crippen LogP contribution in [0.25, 0.3) is 0 Å². The molecule has 0 aliphatic rings. The number of carbonyl (C=O) groups is 3. The Morgan fingerprint density at radius 1 is 1.16 bits per heavy atom. The second-order valence-electron chi connectivity index (χ2n) is 5.57. The highest BCUT2D eigenvalue weighted by Gasteiger charge is 2.20. The molecule has 0 aromatic carbocycles. The van der Waals surface area contributed by atoms with Crippen molar-refractivity contribution >= 4 is 17.8 Å². The molecular formula is C13H24N2O4. The van der Waals surface area contributed by atoms with E-state index >= 15 is 0 Å². The molecule has 2 N–H and O–H groups in total. The highest BCUT2D eigenvalue weighted by Crippen LogP contribution is 2.12. The van der Waals surface area contributed by atoms with E-state index < -0.39 is 11.4 Å². The minimum Gasteiger partial charge on any atom is -0.481 e. The molecular weight excluding hydrogens is 248 g/mol. The Morgan fingerprint density at radius 3 is 2.21 bits per heavy atom. The maximum atomic E-state index is 11.6. The quantitative estimate of drug-likeness (QED) is 0.673. The zero-order valence-electron chi connectivity index (χ0n) is 12.2. The van der Waals surface area contributed by atoms with Gasteiger partial charge < -0.3 is 15.3 Å². The van der Waals surface area contributed by atoms with Crippen LogP contribution < -0.4 is 5.32 Å². The average Bonchev–Trinajstić information content (AvgIpc) is 2.29. The van der Waals surface area contributed by atoms with Crippen molar-refractivity contribution in [3.05, 3.63) is 0 Å². The zero-order valence-corrected chi connectivity index (χ0v) is 12.2. The number of carbonyl (C=O) groups excluding carboxylic acids is 2. The van der Waals surface area contributed by atoms with Gasteiger partial charge in [-0.15, -0.1) is 0 Å². The molecule has 0 heterocycles. The van der Waals surface area contributed by atoms with E-state index in [1.54, 1.807) is 7.05 Å². The van der Waals surface area contributed by atoms with Gasteiger partial charge in [0.15, 0.2) is 0 Å². The van der Waals surface area contributed by atoms with Gasteiger partial charge in [0.1, 0.15) is 0 Å². The summed E-state index contributed by atoms with van der Waals surface area (Å²) < 4.78 is 0. The fourth-order valence-electron chi connectivity index (χ4n) is 1.29. The summed E-state index contributed by atoms with van der Waals surface area (Å²) in [6.45, 7) is 6.14. The van der Waals surface area contributed by atoms with Gasteiger partial charge in [0.25, 0.3) is 0 Å². The molecule has 6 nitrogen and oxygen atoms in total. The highest BCUT2D eigenvalue weighted by atomic mass is 16.4. The molecule has 0 atom stereocenters. The van der Waals surface area contributed by atoms with E-state index in [0.29, 0.717) is 19.4 Å². The van der Waals surface area contributed by atoms with Crippen molar-refractivity contribution in [1.29, 1.82) is 0 Å². The summed E-state index contributed by atoms with van der Waals surface area (Å²) in [6, 6.07) is 0. The number of hydrogen-bond acceptors (Lipinski definition) is 3. The van der Waals surface area contributed by atoms with E-state index in [9.17, 15) is 14.4 Å². The Bertz CT molecular complexity index is 334. The molecule has 0 aliphatic heterocycles. The zero-order chi connectivity index (χ0) is 15.1. The summed E-state index contributed by atoms with van der Waals surface area (Å²) in [7, 11) is 1.58. The van der Waals surface area contributed by atoms with Gasteiger partial charge in [0, 0.05) is 32.0 Å². The first kappa shape index (κ1) is 17.4. The molecule has 0 radical (unpaired) electrons. The average molecular weight is 272 g/mol. The monoisotopic (exact) mass is 272 g/mol. The van der Waals surface area contributed by atoms with Crippen LogP contribution in [0.3, 0.4) is 0 Å². The molecule has 6 heteroatoms. The van der Waals surface area contributed by atoms with Crippen molar-refractivity contribution in [3.8, 4) is 0 Å². The van der Waals surface area contributed by atoms with Crippen LogP contribution in [0.2, 0.25) is 0 Å². The lowest BCUT2D eigenvalue weighted by Gasteiger charge is -2.18. The molecule has 0 spiro atoms. The van der Waals surface area contributed by atoms with Crippen molar-refractivity contribution in [2.75, 3.05) is 20.1 Å². The lowest BCUT2D eigenvalue weighted by molar-refractivity contribution is -0.138. The number of aliphatic carboxylic acids is 1. The van der Waals surface area contributed by atoms with Crippen LogP contribution in [-0.4, -0.2) is 47.9 Å². The lowest BCUT2D eigenvalue weighted by atomic mass is 9.96. The molecule has 0 aliphatic carbocycles. The number of hydrogen-bond donors (Lipinski definition) is 2. The van der Waals surface area contributed by atoms with Gasteiger partial charge in [-0.25, -0.2) is 0 Å². The number of carboxylic acids is 1. The Kier molecular flexibility index (Phi) is 7.11. The molecule has 0 aromatic rings. The first-order chi connectivity index (χ1) is 8.64. The minimum absolute atomic E-state index is 0.0424. The van der Waals surface area contributed by atoms with Crippen LogP contribution in [0.1, 0.15) is 40.0 Å². The van der Waals surface area contributed by atoms with Crippen LogP contribution in [-0.2, 0) is 14.4 Å². The topological polar surface area (TPSA) is 86.7 Å². The number of amides is 2. The van der Waals surface area contributed by atoms with Crippen LogP contribution in [0.5, 0.6) is 0 Å². The molecule has 0 aromatic heterocycles. The van der Waals surface area contributed by atoms with Crippen LogP contribution in [0.15, 0.2) is 0 Å². The number of carboxylic acid groups (broad SMARTS) is 1. The normalized spacial score (nSPS) is 10.9. The van der Waals surface area contributed by atoms with Gasteiger partial charge >= 0.3 is 5.97 Å². The fraction of sp³-hybridized carbons (Fsp3) is 0.769. The van der Waals surface area contributed by atoms with Crippen molar-refractivity contribution < 1.29 is 19.5 Å². The molecule has 0 bridgehead atoms. The van der Waals surface area contributed by atoms with Crippen LogP contribution in [0.4, 0.5) is 0 Å². The van der Waals surface area contributed by atoms with Gasteiger partial charge in [0.05, 0.1) is 6.42 Å². The van der Waals surface area contributed by atoms with E-state index in [1.165, 1.54) is 4.90 Å². The molecule has 110 valence electrons. The van der Waals surface area contributed by atoms with E-state index in [1.807, 2.05) is 20.8 Å². The van der Waals surface area contributed by atoms with Crippen LogP contribution in [0, 0.1) is 5.41 Å². The molecule has 0 fully saturated rings. The predicted octanol–water partition coefficient (Wildman–Crippen LogP) is 0.862. The van der Waals surface area contributed by atoms with Gasteiger partial charge in [-0.2, -0.15) is 0 Å². The molecule has 0 saturated heterocycles. The third kappa shape index (κ3) is 8.18. The Labute approximate surface area is 114 Å². The number of rotatable bonds is 7. The number of nitrogens with zero attached hydrogens (tertiary/aromatic N) is 1. The standard InChI is InChI=1S/C13H24N2O4/c1-13(2,3)12(19)14-8-5-6-10(16)15(4)9-7-11(17)18/h5-9H2,1-4H3,(H,14,19)(H,17,18). The highest BCUT2D eigenvalue weighted by molar-refractivity contribution is 5.81. The van der Waals surface area contributed by atoms with Crippen molar-refractivity contribution in [1.82, 2.24) is 10.2 Å². The predicted molar refractivity (Wildman–Crippen MR) is 71.6 cm³/mol. The Morgan fingerprint density at radius 2 is 1.74 bits per heavy atom. The summed E-state index contributed by atoms with van der Waals surface area (Å²) in [5.74, 6) is -1.07. The Balaban J connectivity index is 3.80. The summed E-state index contributed by atoms with van der Waals surface area (Å²) in [5.41, 5.74) is -0.428. The van der Waals surface area contributed by atoms with Crippen LogP contribution >= 0.6 is 0 Å². The van der Waals surface area contributed by atoms with Gasteiger partial charge in [-0.1, -0.05) is 20.8 Å². The second-order valence-corrected chi connectivity index (χ2v) is 5.57. The third-order valence-corrected chi connectivity index (χ3v) is 2.62. The summed E-state index contributed by atoms with van der Waals surface area (Å²) in [5, 5.41) is 11.3. The van der Waals surface area contributed by atoms with E-state index in [-0.39, 0.29) is 24.8 Å². The van der Waals surface area contributed by atoms with Gasteiger partial charge in [-0.05, 0) is 6.42 Å². The smallest absolute Gasteiger partial charge is 0.305 e.